The molecule has 0 aliphatic carbocycles. The highest BCUT2D eigenvalue weighted by atomic mass is 16.6. The molecule has 3 atom stereocenters. The third-order valence-corrected chi connectivity index (χ3v) is 3.94. The number of allylic oxidation sites excluding steroid dienone is 2. The molecular formula is C15H28O2. The van der Waals surface area contributed by atoms with Crippen LogP contribution in [0, 0.1) is 11.8 Å². The predicted molar refractivity (Wildman–Crippen MR) is 72.0 cm³/mol. The van der Waals surface area contributed by atoms with Crippen LogP contribution in [0.2, 0.25) is 0 Å². The zero-order valence-electron chi connectivity index (χ0n) is 11.8. The largest absolute Gasteiger partial charge is 0.394 e. The molecule has 2 heteroatoms. The molecule has 17 heavy (non-hydrogen) atoms. The van der Waals surface area contributed by atoms with E-state index >= 15 is 0 Å². The van der Waals surface area contributed by atoms with Crippen LogP contribution in [-0.4, -0.2) is 23.9 Å². The first-order valence-corrected chi connectivity index (χ1v) is 7.09. The Hall–Kier alpha value is -0.340. The summed E-state index contributed by atoms with van der Waals surface area (Å²) in [5.74, 6) is 1.30. The maximum absolute atomic E-state index is 9.04. The number of hydrogen-bond donors (Lipinski definition) is 1. The van der Waals surface area contributed by atoms with Gasteiger partial charge in [-0.2, -0.15) is 0 Å². The number of rotatable bonds is 8. The Morgan fingerprint density at radius 2 is 1.88 bits per heavy atom. The van der Waals surface area contributed by atoms with Crippen molar-refractivity contribution in [3.63, 3.8) is 0 Å². The van der Waals surface area contributed by atoms with Crippen molar-refractivity contribution in [1.82, 2.24) is 0 Å². The van der Waals surface area contributed by atoms with Crippen LogP contribution in [0.25, 0.3) is 0 Å². The molecule has 1 fully saturated rings. The molecule has 0 aromatic rings. The molecule has 0 radical (unpaired) electrons. The van der Waals surface area contributed by atoms with Crippen molar-refractivity contribution in [2.24, 2.45) is 11.8 Å². The normalized spacial score (nSPS) is 26.4. The standard InChI is InChI=1S/C15H28O2/c1-5-12(6-2)8-11(4)9-13(7-3)15-14(10-16)17-15/h8,12-16H,5-7,9-10H2,1-4H3/b11-8+/t13-,14-,15-/m1/s1. The summed E-state index contributed by atoms with van der Waals surface area (Å²) in [7, 11) is 0. The van der Waals surface area contributed by atoms with E-state index in [1.165, 1.54) is 18.4 Å². The fraction of sp³-hybridized carbons (Fsp3) is 0.867. The molecule has 0 amide bonds. The average Bonchev–Trinajstić information content (AvgIpc) is 3.12. The lowest BCUT2D eigenvalue weighted by molar-refractivity contribution is 0.238. The smallest absolute Gasteiger partial charge is 0.107 e. The lowest BCUT2D eigenvalue weighted by Gasteiger charge is -2.15. The zero-order valence-corrected chi connectivity index (χ0v) is 11.8. The Kier molecular flexibility index (Phi) is 6.21. The first kappa shape index (κ1) is 14.7. The van der Waals surface area contributed by atoms with E-state index in [9.17, 15) is 0 Å². The van der Waals surface area contributed by atoms with Crippen LogP contribution < -0.4 is 0 Å². The van der Waals surface area contributed by atoms with Crippen LogP contribution in [0.15, 0.2) is 11.6 Å². The number of ether oxygens (including phenoxy) is 1. The van der Waals surface area contributed by atoms with Gasteiger partial charge < -0.3 is 9.84 Å². The molecule has 0 spiro atoms. The van der Waals surface area contributed by atoms with Crippen molar-refractivity contribution in [3.8, 4) is 0 Å². The fourth-order valence-corrected chi connectivity index (χ4v) is 2.62. The summed E-state index contributed by atoms with van der Waals surface area (Å²) >= 11 is 0. The molecule has 0 aromatic heterocycles. The van der Waals surface area contributed by atoms with E-state index in [0.29, 0.717) is 12.0 Å². The molecule has 1 rings (SSSR count). The predicted octanol–water partition coefficient (Wildman–Crippen LogP) is 3.54. The number of epoxide rings is 1. The second-order valence-electron chi connectivity index (χ2n) is 5.28. The minimum absolute atomic E-state index is 0.112. The topological polar surface area (TPSA) is 32.8 Å². The molecule has 100 valence electrons. The molecule has 2 nitrogen and oxygen atoms in total. The van der Waals surface area contributed by atoms with E-state index in [0.717, 1.165) is 18.8 Å². The molecule has 0 bridgehead atoms. The highest BCUT2D eigenvalue weighted by molar-refractivity contribution is 5.05. The van der Waals surface area contributed by atoms with E-state index in [1.54, 1.807) is 0 Å². The van der Waals surface area contributed by atoms with E-state index in [-0.39, 0.29) is 12.7 Å². The van der Waals surface area contributed by atoms with E-state index in [1.807, 2.05) is 0 Å². The monoisotopic (exact) mass is 240 g/mol. The summed E-state index contributed by atoms with van der Waals surface area (Å²) in [6.07, 6.45) is 7.55. The molecule has 0 unspecified atom stereocenters. The Morgan fingerprint density at radius 3 is 2.29 bits per heavy atom. The maximum atomic E-state index is 9.04. The van der Waals surface area contributed by atoms with E-state index in [2.05, 4.69) is 33.8 Å². The third kappa shape index (κ3) is 4.44. The highest BCUT2D eigenvalue weighted by Crippen LogP contribution is 2.35. The quantitative estimate of drug-likeness (QED) is 0.520. The maximum Gasteiger partial charge on any atom is 0.107 e. The van der Waals surface area contributed by atoms with Crippen LogP contribution in [0.4, 0.5) is 0 Å². The summed E-state index contributed by atoms with van der Waals surface area (Å²) in [6.45, 7) is 9.13. The lowest BCUT2D eigenvalue weighted by atomic mass is 9.90. The SMILES string of the molecule is CCC(/C=C(\C)C[C@@H](CC)[C@H]1O[C@@H]1CO)CC. The van der Waals surface area contributed by atoms with Gasteiger partial charge in [0.2, 0.25) is 0 Å². The van der Waals surface area contributed by atoms with Crippen molar-refractivity contribution in [1.29, 1.82) is 0 Å². The first-order chi connectivity index (χ1) is 8.15. The number of aliphatic hydroxyl groups excluding tert-OH is 1. The van der Waals surface area contributed by atoms with Crippen molar-refractivity contribution < 1.29 is 9.84 Å². The molecule has 0 saturated carbocycles. The van der Waals surface area contributed by atoms with Crippen molar-refractivity contribution in [2.75, 3.05) is 6.61 Å². The fourth-order valence-electron chi connectivity index (χ4n) is 2.62. The van der Waals surface area contributed by atoms with Crippen molar-refractivity contribution in [3.05, 3.63) is 11.6 Å². The van der Waals surface area contributed by atoms with Gasteiger partial charge in [-0.3, -0.25) is 0 Å². The molecule has 1 aliphatic rings. The van der Waals surface area contributed by atoms with Gasteiger partial charge in [0.05, 0.1) is 12.7 Å². The van der Waals surface area contributed by atoms with Crippen LogP contribution >= 0.6 is 0 Å². The van der Waals surface area contributed by atoms with Gasteiger partial charge in [-0.05, 0) is 38.0 Å². The molecule has 1 heterocycles. The van der Waals surface area contributed by atoms with Gasteiger partial charge >= 0.3 is 0 Å². The first-order valence-electron chi connectivity index (χ1n) is 7.09. The van der Waals surface area contributed by atoms with Crippen molar-refractivity contribution in [2.45, 2.75) is 65.6 Å². The summed E-state index contributed by atoms with van der Waals surface area (Å²) in [4.78, 5) is 0. The second-order valence-corrected chi connectivity index (χ2v) is 5.28. The minimum atomic E-state index is 0.112. The second kappa shape index (κ2) is 7.17. The minimum Gasteiger partial charge on any atom is -0.394 e. The lowest BCUT2D eigenvalue weighted by Crippen LogP contribution is -2.12. The Labute approximate surface area is 106 Å². The summed E-state index contributed by atoms with van der Waals surface area (Å²) < 4.78 is 5.50. The third-order valence-electron chi connectivity index (χ3n) is 3.94. The summed E-state index contributed by atoms with van der Waals surface area (Å²) in [5, 5.41) is 9.04. The van der Waals surface area contributed by atoms with Gasteiger partial charge in [0.1, 0.15) is 6.10 Å². The zero-order chi connectivity index (χ0) is 12.8. The molecule has 0 aromatic carbocycles. The summed E-state index contributed by atoms with van der Waals surface area (Å²) in [5.41, 5.74) is 1.48. The Morgan fingerprint density at radius 1 is 1.24 bits per heavy atom. The molecule has 1 saturated heterocycles. The van der Waals surface area contributed by atoms with Crippen LogP contribution in [0.3, 0.4) is 0 Å². The van der Waals surface area contributed by atoms with Gasteiger partial charge in [-0.15, -0.1) is 0 Å². The molecule has 1 aliphatic heterocycles. The van der Waals surface area contributed by atoms with Gasteiger partial charge in [-0.1, -0.05) is 38.8 Å². The van der Waals surface area contributed by atoms with Gasteiger partial charge in [-0.25, -0.2) is 0 Å². The molecule has 1 N–H and O–H groups in total. The van der Waals surface area contributed by atoms with Crippen LogP contribution in [0.1, 0.15) is 53.4 Å². The van der Waals surface area contributed by atoms with Crippen molar-refractivity contribution >= 4 is 0 Å². The van der Waals surface area contributed by atoms with E-state index in [4.69, 9.17) is 9.84 Å². The van der Waals surface area contributed by atoms with Crippen LogP contribution in [0.5, 0.6) is 0 Å². The Bertz CT molecular complexity index is 243. The Balaban J connectivity index is 2.45. The summed E-state index contributed by atoms with van der Waals surface area (Å²) in [6, 6.07) is 0. The average molecular weight is 240 g/mol. The molecular weight excluding hydrogens is 212 g/mol. The van der Waals surface area contributed by atoms with Gasteiger partial charge in [0.15, 0.2) is 0 Å². The highest BCUT2D eigenvalue weighted by Gasteiger charge is 2.43. The van der Waals surface area contributed by atoms with E-state index < -0.39 is 0 Å². The van der Waals surface area contributed by atoms with Gasteiger partial charge in [0.25, 0.3) is 0 Å². The van der Waals surface area contributed by atoms with Crippen LogP contribution in [-0.2, 0) is 4.74 Å². The van der Waals surface area contributed by atoms with Gasteiger partial charge in [0, 0.05) is 0 Å². The number of hydrogen-bond acceptors (Lipinski definition) is 2. The number of aliphatic hydroxyl groups is 1.